The van der Waals surface area contributed by atoms with Crippen molar-refractivity contribution < 1.29 is 9.59 Å². The van der Waals surface area contributed by atoms with Crippen molar-refractivity contribution in [2.75, 3.05) is 19.6 Å². The van der Waals surface area contributed by atoms with Gasteiger partial charge in [-0.1, -0.05) is 13.8 Å². The van der Waals surface area contributed by atoms with Gasteiger partial charge in [0.2, 0.25) is 5.91 Å². The number of rotatable bonds is 4. The number of hydrogen-bond donors (Lipinski definition) is 1. The SMILES string of the molecule is Cc1cc(C(=O)N2CCC[C@H](CNC(=O)C(C)C)C2)c(C)s1. The fraction of sp³-hybridized carbons (Fsp3) is 0.647. The van der Waals surface area contributed by atoms with Crippen molar-refractivity contribution in [1.29, 1.82) is 0 Å². The summed E-state index contributed by atoms with van der Waals surface area (Å²) in [5.41, 5.74) is 0.842. The van der Waals surface area contributed by atoms with Crippen LogP contribution in [0.4, 0.5) is 0 Å². The summed E-state index contributed by atoms with van der Waals surface area (Å²) in [5, 5.41) is 2.99. The van der Waals surface area contributed by atoms with Gasteiger partial charge in [-0.05, 0) is 38.7 Å². The van der Waals surface area contributed by atoms with Crippen LogP contribution in [0.1, 0.15) is 46.8 Å². The van der Waals surface area contributed by atoms with Crippen molar-refractivity contribution >= 4 is 23.2 Å². The van der Waals surface area contributed by atoms with Gasteiger partial charge in [0.15, 0.2) is 0 Å². The zero-order chi connectivity index (χ0) is 16.3. The fourth-order valence-electron chi connectivity index (χ4n) is 2.88. The summed E-state index contributed by atoms with van der Waals surface area (Å²) in [5.74, 6) is 0.604. The Morgan fingerprint density at radius 1 is 1.41 bits per heavy atom. The van der Waals surface area contributed by atoms with Crippen molar-refractivity contribution in [2.24, 2.45) is 11.8 Å². The van der Waals surface area contributed by atoms with Crippen LogP contribution in [0.25, 0.3) is 0 Å². The predicted octanol–water partition coefficient (Wildman–Crippen LogP) is 2.99. The first kappa shape index (κ1) is 17.0. The topological polar surface area (TPSA) is 49.4 Å². The Kier molecular flexibility index (Phi) is 5.62. The molecule has 2 amide bonds. The molecular weight excluding hydrogens is 296 g/mol. The highest BCUT2D eigenvalue weighted by atomic mass is 32.1. The zero-order valence-corrected chi connectivity index (χ0v) is 14.8. The van der Waals surface area contributed by atoms with Crippen LogP contribution in [0, 0.1) is 25.7 Å². The second-order valence-corrected chi connectivity index (χ2v) is 7.95. The predicted molar refractivity (Wildman–Crippen MR) is 90.3 cm³/mol. The van der Waals surface area contributed by atoms with Crippen molar-refractivity contribution in [3.05, 3.63) is 21.4 Å². The number of nitrogens with one attached hydrogen (secondary N) is 1. The Bertz CT molecular complexity index is 551. The summed E-state index contributed by atoms with van der Waals surface area (Å²) in [7, 11) is 0. The Morgan fingerprint density at radius 3 is 2.73 bits per heavy atom. The molecule has 1 atom stereocenters. The van der Waals surface area contributed by atoms with Gasteiger partial charge >= 0.3 is 0 Å². The van der Waals surface area contributed by atoms with E-state index in [4.69, 9.17) is 0 Å². The van der Waals surface area contributed by atoms with Gasteiger partial charge in [-0.25, -0.2) is 0 Å². The summed E-state index contributed by atoms with van der Waals surface area (Å²) in [4.78, 5) is 28.6. The van der Waals surface area contributed by atoms with E-state index in [0.29, 0.717) is 12.5 Å². The van der Waals surface area contributed by atoms with Gasteiger partial charge in [0.1, 0.15) is 0 Å². The molecule has 0 aromatic carbocycles. The van der Waals surface area contributed by atoms with Gasteiger partial charge in [-0.15, -0.1) is 11.3 Å². The van der Waals surface area contributed by atoms with E-state index in [-0.39, 0.29) is 17.7 Å². The molecule has 22 heavy (non-hydrogen) atoms. The van der Waals surface area contributed by atoms with E-state index >= 15 is 0 Å². The summed E-state index contributed by atoms with van der Waals surface area (Å²) in [6, 6.07) is 1.99. The second kappa shape index (κ2) is 7.27. The summed E-state index contributed by atoms with van der Waals surface area (Å²) >= 11 is 1.68. The number of amides is 2. The molecule has 0 radical (unpaired) electrons. The highest BCUT2D eigenvalue weighted by Crippen LogP contribution is 2.24. The minimum Gasteiger partial charge on any atom is -0.356 e. The Balaban J connectivity index is 1.94. The molecule has 0 bridgehead atoms. The number of aryl methyl sites for hydroxylation is 2. The summed E-state index contributed by atoms with van der Waals surface area (Å²) in [6.45, 7) is 10.1. The van der Waals surface area contributed by atoms with E-state index < -0.39 is 0 Å². The first-order chi connectivity index (χ1) is 10.4. The third-order valence-corrected chi connectivity index (χ3v) is 5.13. The number of carbonyl (C=O) groups excluding carboxylic acids is 2. The Labute approximate surface area is 136 Å². The van der Waals surface area contributed by atoms with Gasteiger partial charge < -0.3 is 10.2 Å². The molecular formula is C17H26N2O2S. The van der Waals surface area contributed by atoms with Crippen molar-refractivity contribution in [2.45, 2.75) is 40.5 Å². The first-order valence-corrected chi connectivity index (χ1v) is 8.84. The summed E-state index contributed by atoms with van der Waals surface area (Å²) in [6.07, 6.45) is 2.08. The molecule has 5 heteroatoms. The standard InChI is InChI=1S/C17H26N2O2S/c1-11(2)16(20)18-9-14-6-5-7-19(10-14)17(21)15-8-12(3)22-13(15)4/h8,11,14H,5-7,9-10H2,1-4H3,(H,18,20)/t14-/m1/s1. The maximum Gasteiger partial charge on any atom is 0.254 e. The van der Waals surface area contributed by atoms with Gasteiger partial charge in [0.25, 0.3) is 5.91 Å². The minimum absolute atomic E-state index is 0.0118. The van der Waals surface area contributed by atoms with E-state index in [1.807, 2.05) is 38.7 Å². The van der Waals surface area contributed by atoms with Gasteiger partial charge in [0.05, 0.1) is 5.56 Å². The molecule has 0 saturated carbocycles. The number of likely N-dealkylation sites (tertiary alicyclic amines) is 1. The number of thiophene rings is 1. The molecule has 4 nitrogen and oxygen atoms in total. The third-order valence-electron chi connectivity index (χ3n) is 4.17. The smallest absolute Gasteiger partial charge is 0.254 e. The average molecular weight is 322 g/mol. The lowest BCUT2D eigenvalue weighted by molar-refractivity contribution is -0.124. The highest BCUT2D eigenvalue weighted by molar-refractivity contribution is 7.12. The molecule has 1 fully saturated rings. The number of nitrogens with zero attached hydrogens (tertiary/aromatic N) is 1. The molecule has 1 aliphatic rings. The second-order valence-electron chi connectivity index (χ2n) is 6.49. The van der Waals surface area contributed by atoms with Crippen molar-refractivity contribution in [1.82, 2.24) is 10.2 Å². The highest BCUT2D eigenvalue weighted by Gasteiger charge is 2.26. The molecule has 0 spiro atoms. The van der Waals surface area contributed by atoms with Crippen LogP contribution in [0.15, 0.2) is 6.07 Å². The van der Waals surface area contributed by atoms with Crippen LogP contribution in [-0.2, 0) is 4.79 Å². The molecule has 2 heterocycles. The lowest BCUT2D eigenvalue weighted by atomic mass is 9.97. The fourth-order valence-corrected chi connectivity index (χ4v) is 3.79. The van der Waals surface area contributed by atoms with E-state index in [2.05, 4.69) is 5.32 Å². The number of hydrogen-bond acceptors (Lipinski definition) is 3. The third kappa shape index (κ3) is 4.09. The maximum atomic E-state index is 12.7. The summed E-state index contributed by atoms with van der Waals surface area (Å²) < 4.78 is 0. The molecule has 1 saturated heterocycles. The largest absolute Gasteiger partial charge is 0.356 e. The molecule has 1 N–H and O–H groups in total. The molecule has 0 aliphatic carbocycles. The molecule has 0 unspecified atom stereocenters. The van der Waals surface area contributed by atoms with Crippen molar-refractivity contribution in [3.8, 4) is 0 Å². The van der Waals surface area contributed by atoms with Crippen LogP contribution >= 0.6 is 11.3 Å². The quantitative estimate of drug-likeness (QED) is 0.926. The van der Waals surface area contributed by atoms with E-state index in [1.54, 1.807) is 11.3 Å². The monoisotopic (exact) mass is 322 g/mol. The van der Waals surface area contributed by atoms with Crippen LogP contribution in [0.5, 0.6) is 0 Å². The first-order valence-electron chi connectivity index (χ1n) is 8.02. The van der Waals surface area contributed by atoms with Crippen LogP contribution < -0.4 is 5.32 Å². The lowest BCUT2D eigenvalue weighted by Gasteiger charge is -2.33. The van der Waals surface area contributed by atoms with E-state index in [9.17, 15) is 9.59 Å². The van der Waals surface area contributed by atoms with Crippen molar-refractivity contribution in [3.63, 3.8) is 0 Å². The van der Waals surface area contributed by atoms with Gasteiger partial charge in [-0.2, -0.15) is 0 Å². The van der Waals surface area contributed by atoms with Crippen LogP contribution in [-0.4, -0.2) is 36.3 Å². The van der Waals surface area contributed by atoms with Crippen LogP contribution in [0.3, 0.4) is 0 Å². The Hall–Kier alpha value is -1.36. The molecule has 2 rings (SSSR count). The normalized spacial score (nSPS) is 18.6. The van der Waals surface area contributed by atoms with E-state index in [1.165, 1.54) is 4.88 Å². The minimum atomic E-state index is 0.0118. The maximum absolute atomic E-state index is 12.7. The molecule has 1 aromatic heterocycles. The van der Waals surface area contributed by atoms with Gasteiger partial charge in [-0.3, -0.25) is 9.59 Å². The zero-order valence-electron chi connectivity index (χ0n) is 13.9. The molecule has 1 aliphatic heterocycles. The molecule has 1 aromatic rings. The Morgan fingerprint density at radius 2 is 2.14 bits per heavy atom. The number of carbonyl (C=O) groups is 2. The lowest BCUT2D eigenvalue weighted by Crippen LogP contribution is -2.44. The van der Waals surface area contributed by atoms with Gasteiger partial charge in [0, 0.05) is 35.3 Å². The molecule has 122 valence electrons. The average Bonchev–Trinajstić information content (AvgIpc) is 2.82. The number of piperidine rings is 1. The van der Waals surface area contributed by atoms with Crippen LogP contribution in [0.2, 0.25) is 0 Å². The van der Waals surface area contributed by atoms with E-state index in [0.717, 1.165) is 36.4 Å².